The standard InChI is InChI=1S/C13H22N4O/c1-4-11-12(5-2)16-17-13(15-11)14-10-6-7-18-9(3)8-10/h9-10H,4-8H2,1-3H3,(H,14,15,17). The molecule has 1 fully saturated rings. The number of nitrogens with one attached hydrogen (secondary N) is 1. The molecule has 2 rings (SSSR count). The molecule has 0 amide bonds. The van der Waals surface area contributed by atoms with Crippen molar-refractivity contribution in [3.05, 3.63) is 11.4 Å². The monoisotopic (exact) mass is 250 g/mol. The van der Waals surface area contributed by atoms with Crippen molar-refractivity contribution in [2.45, 2.75) is 58.6 Å². The molecule has 100 valence electrons. The lowest BCUT2D eigenvalue weighted by molar-refractivity contribution is 0.0231. The summed E-state index contributed by atoms with van der Waals surface area (Å²) < 4.78 is 5.53. The van der Waals surface area contributed by atoms with Gasteiger partial charge in [0.2, 0.25) is 5.95 Å². The van der Waals surface area contributed by atoms with Crippen molar-refractivity contribution >= 4 is 5.95 Å². The van der Waals surface area contributed by atoms with Crippen LogP contribution >= 0.6 is 0 Å². The van der Waals surface area contributed by atoms with Crippen LogP contribution in [0.3, 0.4) is 0 Å². The lowest BCUT2D eigenvalue weighted by Crippen LogP contribution is -2.33. The van der Waals surface area contributed by atoms with Crippen molar-refractivity contribution in [3.8, 4) is 0 Å². The van der Waals surface area contributed by atoms with Crippen LogP contribution < -0.4 is 5.32 Å². The van der Waals surface area contributed by atoms with E-state index in [-0.39, 0.29) is 0 Å². The Morgan fingerprint density at radius 1 is 1.22 bits per heavy atom. The Morgan fingerprint density at radius 3 is 2.67 bits per heavy atom. The third-order valence-corrected chi connectivity index (χ3v) is 3.33. The Bertz CT molecular complexity index is 397. The summed E-state index contributed by atoms with van der Waals surface area (Å²) in [6.07, 6.45) is 4.10. The van der Waals surface area contributed by atoms with Crippen LogP contribution in [0.4, 0.5) is 5.95 Å². The quantitative estimate of drug-likeness (QED) is 0.885. The molecule has 1 aliphatic rings. The van der Waals surface area contributed by atoms with Crippen LogP contribution in [0.25, 0.3) is 0 Å². The van der Waals surface area contributed by atoms with Crippen molar-refractivity contribution in [1.82, 2.24) is 15.2 Å². The van der Waals surface area contributed by atoms with Gasteiger partial charge in [0.1, 0.15) is 0 Å². The maximum Gasteiger partial charge on any atom is 0.243 e. The Morgan fingerprint density at radius 2 is 2.00 bits per heavy atom. The van der Waals surface area contributed by atoms with Gasteiger partial charge in [-0.3, -0.25) is 0 Å². The fraction of sp³-hybridized carbons (Fsp3) is 0.769. The number of nitrogens with zero attached hydrogens (tertiary/aromatic N) is 3. The normalized spacial score (nSPS) is 23.9. The van der Waals surface area contributed by atoms with Crippen LogP contribution in [0.15, 0.2) is 0 Å². The number of hydrogen-bond acceptors (Lipinski definition) is 5. The zero-order valence-corrected chi connectivity index (χ0v) is 11.4. The Kier molecular flexibility index (Phi) is 4.47. The lowest BCUT2D eigenvalue weighted by atomic mass is 10.0. The summed E-state index contributed by atoms with van der Waals surface area (Å²) in [4.78, 5) is 4.56. The van der Waals surface area contributed by atoms with Gasteiger partial charge in [-0.05, 0) is 32.6 Å². The van der Waals surface area contributed by atoms with Crippen LogP contribution in [-0.2, 0) is 17.6 Å². The van der Waals surface area contributed by atoms with E-state index >= 15 is 0 Å². The van der Waals surface area contributed by atoms with E-state index in [4.69, 9.17) is 4.74 Å². The second kappa shape index (κ2) is 6.09. The first-order valence-electron chi connectivity index (χ1n) is 6.83. The van der Waals surface area contributed by atoms with Gasteiger partial charge < -0.3 is 10.1 Å². The van der Waals surface area contributed by atoms with Gasteiger partial charge in [0, 0.05) is 12.6 Å². The van der Waals surface area contributed by atoms with E-state index in [1.807, 2.05) is 0 Å². The van der Waals surface area contributed by atoms with Gasteiger partial charge in [0.25, 0.3) is 0 Å². The average Bonchev–Trinajstić information content (AvgIpc) is 2.38. The third-order valence-electron chi connectivity index (χ3n) is 3.33. The first-order valence-corrected chi connectivity index (χ1v) is 6.83. The van der Waals surface area contributed by atoms with Crippen molar-refractivity contribution < 1.29 is 4.74 Å². The topological polar surface area (TPSA) is 59.9 Å². The summed E-state index contributed by atoms with van der Waals surface area (Å²) in [5.41, 5.74) is 2.05. The molecule has 0 saturated carbocycles. The predicted octanol–water partition coefficient (Wildman–Crippen LogP) is 1.98. The number of hydrogen-bond donors (Lipinski definition) is 1. The minimum atomic E-state index is 0.310. The Hall–Kier alpha value is -1.23. The van der Waals surface area contributed by atoms with Gasteiger partial charge in [0.15, 0.2) is 0 Å². The fourth-order valence-corrected chi connectivity index (χ4v) is 2.31. The molecule has 18 heavy (non-hydrogen) atoms. The molecular formula is C13H22N4O. The van der Waals surface area contributed by atoms with E-state index in [2.05, 4.69) is 41.3 Å². The number of aromatic nitrogens is 3. The zero-order chi connectivity index (χ0) is 13.0. The Balaban J connectivity index is 2.04. The molecule has 0 aliphatic carbocycles. The van der Waals surface area contributed by atoms with Gasteiger partial charge in [-0.2, -0.15) is 5.10 Å². The van der Waals surface area contributed by atoms with Gasteiger partial charge in [-0.1, -0.05) is 13.8 Å². The highest BCUT2D eigenvalue weighted by molar-refractivity contribution is 5.27. The highest BCUT2D eigenvalue weighted by Crippen LogP contribution is 2.17. The summed E-state index contributed by atoms with van der Waals surface area (Å²) in [6.45, 7) is 7.09. The third kappa shape index (κ3) is 3.16. The van der Waals surface area contributed by atoms with E-state index in [1.54, 1.807) is 0 Å². The van der Waals surface area contributed by atoms with Crippen LogP contribution in [0.5, 0.6) is 0 Å². The Labute approximate surface area is 108 Å². The minimum absolute atomic E-state index is 0.310. The number of anilines is 1. The van der Waals surface area contributed by atoms with E-state index in [0.29, 0.717) is 18.1 Å². The van der Waals surface area contributed by atoms with Crippen LogP contribution in [0.2, 0.25) is 0 Å². The summed E-state index contributed by atoms with van der Waals surface area (Å²) >= 11 is 0. The van der Waals surface area contributed by atoms with Gasteiger partial charge in [0.05, 0.1) is 17.5 Å². The predicted molar refractivity (Wildman–Crippen MR) is 70.6 cm³/mol. The maximum absolute atomic E-state index is 5.53. The molecule has 0 radical (unpaired) electrons. The minimum Gasteiger partial charge on any atom is -0.378 e. The largest absolute Gasteiger partial charge is 0.378 e. The van der Waals surface area contributed by atoms with Crippen LogP contribution in [-0.4, -0.2) is 33.9 Å². The number of ether oxygens (including phenoxy) is 1. The average molecular weight is 250 g/mol. The molecule has 1 aromatic heterocycles. The molecule has 0 bridgehead atoms. The fourth-order valence-electron chi connectivity index (χ4n) is 2.31. The van der Waals surface area contributed by atoms with Crippen molar-refractivity contribution in [1.29, 1.82) is 0 Å². The second-order valence-electron chi connectivity index (χ2n) is 4.78. The maximum atomic E-state index is 5.53. The molecule has 2 unspecified atom stereocenters. The summed E-state index contributed by atoms with van der Waals surface area (Å²) in [7, 11) is 0. The summed E-state index contributed by atoms with van der Waals surface area (Å²) in [5.74, 6) is 0.656. The SMILES string of the molecule is CCc1nnc(NC2CCOC(C)C2)nc1CC. The molecule has 0 aromatic carbocycles. The van der Waals surface area contributed by atoms with Gasteiger partial charge >= 0.3 is 0 Å². The number of aryl methyl sites for hydroxylation is 2. The van der Waals surface area contributed by atoms with E-state index in [1.165, 1.54) is 0 Å². The van der Waals surface area contributed by atoms with Crippen molar-refractivity contribution in [2.24, 2.45) is 0 Å². The van der Waals surface area contributed by atoms with E-state index in [0.717, 1.165) is 43.7 Å². The molecule has 0 spiro atoms. The molecule has 1 aliphatic heterocycles. The van der Waals surface area contributed by atoms with Crippen molar-refractivity contribution in [2.75, 3.05) is 11.9 Å². The molecule has 1 aromatic rings. The summed E-state index contributed by atoms with van der Waals surface area (Å²) in [6, 6.07) is 0.396. The first kappa shape index (κ1) is 13.2. The molecule has 5 nitrogen and oxygen atoms in total. The smallest absolute Gasteiger partial charge is 0.243 e. The van der Waals surface area contributed by atoms with E-state index in [9.17, 15) is 0 Å². The highest BCUT2D eigenvalue weighted by Gasteiger charge is 2.20. The van der Waals surface area contributed by atoms with Crippen LogP contribution in [0.1, 0.15) is 45.0 Å². The van der Waals surface area contributed by atoms with Crippen molar-refractivity contribution in [3.63, 3.8) is 0 Å². The van der Waals surface area contributed by atoms with E-state index < -0.39 is 0 Å². The molecule has 1 saturated heterocycles. The second-order valence-corrected chi connectivity index (χ2v) is 4.78. The lowest BCUT2D eigenvalue weighted by Gasteiger charge is -2.27. The highest BCUT2D eigenvalue weighted by atomic mass is 16.5. The molecule has 5 heteroatoms. The molecule has 1 N–H and O–H groups in total. The van der Waals surface area contributed by atoms with Gasteiger partial charge in [-0.15, -0.1) is 5.10 Å². The zero-order valence-electron chi connectivity index (χ0n) is 11.4. The molecule has 2 atom stereocenters. The summed E-state index contributed by atoms with van der Waals surface area (Å²) in [5, 5.41) is 11.8. The molecule has 2 heterocycles. The van der Waals surface area contributed by atoms with Crippen LogP contribution in [0, 0.1) is 0 Å². The van der Waals surface area contributed by atoms with Gasteiger partial charge in [-0.25, -0.2) is 4.98 Å². The number of rotatable bonds is 4. The first-order chi connectivity index (χ1) is 8.72. The molecular weight excluding hydrogens is 228 g/mol.